The Kier molecular flexibility index (Phi) is 6.74. The summed E-state index contributed by atoms with van der Waals surface area (Å²) >= 11 is 0. The summed E-state index contributed by atoms with van der Waals surface area (Å²) in [5.41, 5.74) is 2.39. The van der Waals surface area contributed by atoms with Gasteiger partial charge in [0.15, 0.2) is 0 Å². The van der Waals surface area contributed by atoms with E-state index in [1.165, 1.54) is 0 Å². The Morgan fingerprint density at radius 1 is 1.21 bits per heavy atom. The number of pyridine rings is 1. The fourth-order valence-corrected chi connectivity index (χ4v) is 2.19. The second kappa shape index (κ2) is 9.28. The molecule has 1 heterocycles. The van der Waals surface area contributed by atoms with E-state index in [4.69, 9.17) is 5.26 Å². The van der Waals surface area contributed by atoms with E-state index in [2.05, 4.69) is 15.6 Å². The lowest BCUT2D eigenvalue weighted by Crippen LogP contribution is -2.39. The summed E-state index contributed by atoms with van der Waals surface area (Å²) < 4.78 is 0. The molecular formula is C18H20N4O2. The number of nitrogens with zero attached hydrogens (tertiary/aromatic N) is 2. The van der Waals surface area contributed by atoms with Crippen LogP contribution in [0.1, 0.15) is 16.8 Å². The van der Waals surface area contributed by atoms with Gasteiger partial charge in [0.05, 0.1) is 11.6 Å². The molecule has 0 saturated carbocycles. The second-order valence-electron chi connectivity index (χ2n) is 5.45. The minimum Gasteiger partial charge on any atom is -0.396 e. The molecule has 124 valence electrons. The zero-order chi connectivity index (χ0) is 17.2. The number of benzene rings is 1. The third kappa shape index (κ3) is 5.71. The molecule has 0 radical (unpaired) electrons. The number of carbonyl (C=O) groups is 1. The maximum atomic E-state index is 11.8. The minimum atomic E-state index is -0.293. The first-order valence-electron chi connectivity index (χ1n) is 7.72. The molecule has 0 saturated heterocycles. The van der Waals surface area contributed by atoms with E-state index < -0.39 is 0 Å². The van der Waals surface area contributed by atoms with Crippen LogP contribution in [0.3, 0.4) is 0 Å². The first-order valence-corrected chi connectivity index (χ1v) is 7.72. The summed E-state index contributed by atoms with van der Waals surface area (Å²) in [4.78, 5) is 16.1. The molecule has 6 nitrogen and oxygen atoms in total. The van der Waals surface area contributed by atoms with Gasteiger partial charge in [-0.25, -0.2) is 4.79 Å². The zero-order valence-electron chi connectivity index (χ0n) is 13.3. The van der Waals surface area contributed by atoms with Gasteiger partial charge in [-0.1, -0.05) is 18.2 Å². The Hall–Kier alpha value is -2.91. The summed E-state index contributed by atoms with van der Waals surface area (Å²) in [6.07, 6.45) is 2.31. The Labute approximate surface area is 141 Å². The van der Waals surface area contributed by atoms with Gasteiger partial charge in [-0.05, 0) is 36.2 Å². The van der Waals surface area contributed by atoms with Crippen LogP contribution in [0, 0.1) is 17.2 Å². The molecule has 6 heteroatoms. The van der Waals surface area contributed by atoms with Gasteiger partial charge in [-0.2, -0.15) is 5.26 Å². The zero-order valence-corrected chi connectivity index (χ0v) is 13.3. The van der Waals surface area contributed by atoms with E-state index in [1.54, 1.807) is 30.5 Å². The molecule has 3 N–H and O–H groups in total. The van der Waals surface area contributed by atoms with Crippen molar-refractivity contribution in [3.8, 4) is 6.07 Å². The molecule has 1 atom stereocenters. The summed E-state index contributed by atoms with van der Waals surface area (Å²) in [6, 6.07) is 14.4. The van der Waals surface area contributed by atoms with Gasteiger partial charge in [0.1, 0.15) is 0 Å². The SMILES string of the molecule is N#Cc1ccc(CNC(=O)NCC(CO)Cc2ccccn2)cc1. The average molecular weight is 324 g/mol. The quantitative estimate of drug-likeness (QED) is 0.720. The van der Waals surface area contributed by atoms with Crippen LogP contribution in [0.4, 0.5) is 4.79 Å². The van der Waals surface area contributed by atoms with Crippen LogP contribution < -0.4 is 10.6 Å². The number of hydrogen-bond acceptors (Lipinski definition) is 4. The third-order valence-corrected chi connectivity index (χ3v) is 3.57. The molecule has 0 aliphatic carbocycles. The van der Waals surface area contributed by atoms with E-state index in [1.807, 2.05) is 24.3 Å². The van der Waals surface area contributed by atoms with Crippen molar-refractivity contribution >= 4 is 6.03 Å². The van der Waals surface area contributed by atoms with Crippen LogP contribution in [0.15, 0.2) is 48.7 Å². The van der Waals surface area contributed by atoms with Crippen LogP contribution in [-0.2, 0) is 13.0 Å². The van der Waals surface area contributed by atoms with Crippen molar-refractivity contribution in [3.05, 3.63) is 65.5 Å². The van der Waals surface area contributed by atoms with Crippen molar-refractivity contribution in [3.63, 3.8) is 0 Å². The highest BCUT2D eigenvalue weighted by Crippen LogP contribution is 2.05. The molecule has 0 spiro atoms. The second-order valence-corrected chi connectivity index (χ2v) is 5.45. The largest absolute Gasteiger partial charge is 0.396 e. The summed E-state index contributed by atoms with van der Waals surface area (Å²) in [5, 5.41) is 23.7. The third-order valence-electron chi connectivity index (χ3n) is 3.57. The van der Waals surface area contributed by atoms with E-state index >= 15 is 0 Å². The lowest BCUT2D eigenvalue weighted by Gasteiger charge is -2.15. The molecule has 24 heavy (non-hydrogen) atoms. The van der Waals surface area contributed by atoms with Gasteiger partial charge >= 0.3 is 6.03 Å². The molecular weight excluding hydrogens is 304 g/mol. The van der Waals surface area contributed by atoms with Crippen molar-refractivity contribution in [2.75, 3.05) is 13.2 Å². The van der Waals surface area contributed by atoms with Crippen LogP contribution in [0.2, 0.25) is 0 Å². The molecule has 2 amide bonds. The first kappa shape index (κ1) is 17.4. The van der Waals surface area contributed by atoms with Crippen molar-refractivity contribution < 1.29 is 9.90 Å². The maximum absolute atomic E-state index is 11.8. The van der Waals surface area contributed by atoms with Gasteiger partial charge in [-0.15, -0.1) is 0 Å². The highest BCUT2D eigenvalue weighted by atomic mass is 16.3. The standard InChI is InChI=1S/C18H20N4O2/c19-10-14-4-6-15(7-5-14)11-21-18(24)22-12-16(13-23)9-17-3-1-2-8-20-17/h1-8,16,23H,9,11-13H2,(H2,21,22,24). The number of hydrogen-bond donors (Lipinski definition) is 3. The summed E-state index contributed by atoms with van der Waals surface area (Å²) in [5.74, 6) is -0.0828. The fraction of sp³-hybridized carbons (Fsp3) is 0.278. The molecule has 0 aliphatic rings. The molecule has 1 aromatic heterocycles. The van der Waals surface area contributed by atoms with Crippen molar-refractivity contribution in [2.24, 2.45) is 5.92 Å². The molecule has 2 rings (SSSR count). The maximum Gasteiger partial charge on any atom is 0.315 e. The minimum absolute atomic E-state index is 0.0214. The Morgan fingerprint density at radius 3 is 2.62 bits per heavy atom. The molecule has 1 aromatic carbocycles. The van der Waals surface area contributed by atoms with Crippen LogP contribution in [0.5, 0.6) is 0 Å². The number of amides is 2. The Morgan fingerprint density at radius 2 is 2.00 bits per heavy atom. The smallest absolute Gasteiger partial charge is 0.315 e. The highest BCUT2D eigenvalue weighted by molar-refractivity contribution is 5.73. The van der Waals surface area contributed by atoms with Gasteiger partial charge in [-0.3, -0.25) is 4.98 Å². The Balaban J connectivity index is 1.74. The predicted molar refractivity (Wildman–Crippen MR) is 89.9 cm³/mol. The lowest BCUT2D eigenvalue weighted by atomic mass is 10.0. The topological polar surface area (TPSA) is 98.0 Å². The van der Waals surface area contributed by atoms with E-state index in [0.29, 0.717) is 25.1 Å². The van der Waals surface area contributed by atoms with Gasteiger partial charge < -0.3 is 15.7 Å². The van der Waals surface area contributed by atoms with Gasteiger partial charge in [0, 0.05) is 37.5 Å². The van der Waals surface area contributed by atoms with Crippen LogP contribution in [0.25, 0.3) is 0 Å². The van der Waals surface area contributed by atoms with Crippen LogP contribution >= 0.6 is 0 Å². The number of rotatable bonds is 7. The molecule has 0 aliphatic heterocycles. The van der Waals surface area contributed by atoms with Gasteiger partial charge in [0.2, 0.25) is 0 Å². The van der Waals surface area contributed by atoms with E-state index in [-0.39, 0.29) is 18.6 Å². The van der Waals surface area contributed by atoms with Crippen LogP contribution in [-0.4, -0.2) is 29.3 Å². The molecule has 0 bridgehead atoms. The van der Waals surface area contributed by atoms with E-state index in [9.17, 15) is 9.90 Å². The van der Waals surface area contributed by atoms with Crippen molar-refractivity contribution in [1.29, 1.82) is 5.26 Å². The normalized spacial score (nSPS) is 11.3. The molecule has 0 fully saturated rings. The lowest BCUT2D eigenvalue weighted by molar-refractivity contribution is 0.213. The van der Waals surface area contributed by atoms with Crippen molar-refractivity contribution in [2.45, 2.75) is 13.0 Å². The number of urea groups is 1. The molecule has 1 unspecified atom stereocenters. The first-order chi connectivity index (χ1) is 11.7. The summed E-state index contributed by atoms with van der Waals surface area (Å²) in [6.45, 7) is 0.723. The highest BCUT2D eigenvalue weighted by Gasteiger charge is 2.11. The Bertz CT molecular complexity index is 680. The monoisotopic (exact) mass is 324 g/mol. The average Bonchev–Trinajstić information content (AvgIpc) is 2.64. The molecule has 2 aromatic rings. The summed E-state index contributed by atoms with van der Waals surface area (Å²) in [7, 11) is 0. The number of nitriles is 1. The van der Waals surface area contributed by atoms with E-state index in [0.717, 1.165) is 11.3 Å². The number of nitrogens with one attached hydrogen (secondary N) is 2. The predicted octanol–water partition coefficient (Wildman–Crippen LogP) is 1.60. The van der Waals surface area contributed by atoms with Gasteiger partial charge in [0.25, 0.3) is 0 Å². The van der Waals surface area contributed by atoms with Crippen molar-refractivity contribution in [1.82, 2.24) is 15.6 Å². The number of aliphatic hydroxyl groups is 1. The number of carbonyl (C=O) groups excluding carboxylic acids is 1. The number of aliphatic hydroxyl groups excluding tert-OH is 1. The number of aromatic nitrogens is 1. The fourth-order valence-electron chi connectivity index (χ4n) is 2.19.